The average Bonchev–Trinajstić information content (AvgIpc) is 2.55. The van der Waals surface area contributed by atoms with E-state index < -0.39 is 0 Å². The fourth-order valence-electron chi connectivity index (χ4n) is 2.52. The van der Waals surface area contributed by atoms with Gasteiger partial charge in [0.2, 0.25) is 0 Å². The Morgan fingerprint density at radius 1 is 0.700 bits per heavy atom. The van der Waals surface area contributed by atoms with Crippen LogP contribution in [0.4, 0.5) is 5.69 Å². The molecule has 2 aromatic rings. The molecule has 0 aromatic heterocycles. The normalized spacial score (nSPS) is 15.8. The molecule has 1 heterocycles. The minimum atomic E-state index is 1.08. The Kier molecular flexibility index (Phi) is 4.02. The highest BCUT2D eigenvalue weighted by atomic mass is 15.3. The summed E-state index contributed by atoms with van der Waals surface area (Å²) in [5, 5.41) is 0. The number of hydrogen-bond donors (Lipinski definition) is 0. The van der Waals surface area contributed by atoms with Crippen LogP contribution in [0.1, 0.15) is 5.56 Å². The van der Waals surface area contributed by atoms with E-state index in [2.05, 4.69) is 82.7 Å². The molecule has 0 bridgehead atoms. The van der Waals surface area contributed by atoms with Gasteiger partial charge in [-0.15, -0.1) is 0 Å². The first-order chi connectivity index (χ1) is 9.92. The first-order valence-electron chi connectivity index (χ1n) is 7.19. The molecule has 1 saturated heterocycles. The molecule has 0 N–H and O–H groups in total. The molecule has 0 unspecified atom stereocenters. The van der Waals surface area contributed by atoms with Gasteiger partial charge in [-0.25, -0.2) is 0 Å². The van der Waals surface area contributed by atoms with Gasteiger partial charge in [0.1, 0.15) is 0 Å². The van der Waals surface area contributed by atoms with Crippen LogP contribution in [0.3, 0.4) is 0 Å². The molecule has 1 aliphatic rings. The molecule has 0 amide bonds. The van der Waals surface area contributed by atoms with Gasteiger partial charge in [0, 0.05) is 31.9 Å². The molecule has 20 heavy (non-hydrogen) atoms. The van der Waals surface area contributed by atoms with E-state index in [1.807, 2.05) is 0 Å². The van der Waals surface area contributed by atoms with Crippen molar-refractivity contribution in [1.82, 2.24) is 4.90 Å². The molecule has 102 valence electrons. The molecule has 1 fully saturated rings. The van der Waals surface area contributed by atoms with Gasteiger partial charge in [0.15, 0.2) is 0 Å². The van der Waals surface area contributed by atoms with Crippen molar-refractivity contribution >= 4 is 11.8 Å². The van der Waals surface area contributed by atoms with E-state index in [1.165, 1.54) is 11.3 Å². The third kappa shape index (κ3) is 3.21. The predicted octanol–water partition coefficient (Wildman–Crippen LogP) is 3.48. The van der Waals surface area contributed by atoms with E-state index in [4.69, 9.17) is 0 Å². The molecule has 0 atom stereocenters. The number of nitrogens with zero attached hydrogens (tertiary/aromatic N) is 2. The highest BCUT2D eigenvalue weighted by Gasteiger charge is 2.14. The second kappa shape index (κ2) is 6.29. The minimum absolute atomic E-state index is 1.08. The van der Waals surface area contributed by atoms with Crippen LogP contribution >= 0.6 is 0 Å². The number of anilines is 1. The Balaban J connectivity index is 1.55. The second-order valence-electron chi connectivity index (χ2n) is 5.08. The van der Waals surface area contributed by atoms with Crippen molar-refractivity contribution in [2.24, 2.45) is 0 Å². The van der Waals surface area contributed by atoms with E-state index in [0.717, 1.165) is 26.2 Å². The van der Waals surface area contributed by atoms with Crippen molar-refractivity contribution in [1.29, 1.82) is 0 Å². The van der Waals surface area contributed by atoms with Crippen molar-refractivity contribution in [3.8, 4) is 0 Å². The fourth-order valence-corrected chi connectivity index (χ4v) is 2.52. The third-order valence-electron chi connectivity index (χ3n) is 3.71. The average molecular weight is 264 g/mol. The molecule has 2 heteroatoms. The van der Waals surface area contributed by atoms with Crippen LogP contribution in [0.5, 0.6) is 0 Å². The summed E-state index contributed by atoms with van der Waals surface area (Å²) in [7, 11) is 0. The predicted molar refractivity (Wildman–Crippen MR) is 85.7 cm³/mol. The summed E-state index contributed by atoms with van der Waals surface area (Å²) < 4.78 is 0. The van der Waals surface area contributed by atoms with Gasteiger partial charge in [-0.05, 0) is 30.0 Å². The lowest BCUT2D eigenvalue weighted by molar-refractivity contribution is 0.351. The van der Waals surface area contributed by atoms with Crippen LogP contribution in [0, 0.1) is 0 Å². The Bertz CT molecular complexity index is 540. The third-order valence-corrected chi connectivity index (χ3v) is 3.71. The summed E-state index contributed by atoms with van der Waals surface area (Å²) in [5.74, 6) is 0. The molecule has 1 aliphatic heterocycles. The van der Waals surface area contributed by atoms with Crippen LogP contribution in [-0.2, 0) is 0 Å². The molecular weight excluding hydrogens is 244 g/mol. The first-order valence-corrected chi connectivity index (χ1v) is 7.19. The second-order valence-corrected chi connectivity index (χ2v) is 5.08. The molecule has 0 saturated carbocycles. The largest absolute Gasteiger partial charge is 0.374 e. The summed E-state index contributed by atoms with van der Waals surface area (Å²) in [4.78, 5) is 4.85. The van der Waals surface area contributed by atoms with Crippen molar-refractivity contribution in [2.75, 3.05) is 31.1 Å². The highest BCUT2D eigenvalue weighted by molar-refractivity contribution is 5.49. The Hall–Kier alpha value is -2.22. The molecule has 2 aromatic carbocycles. The van der Waals surface area contributed by atoms with Gasteiger partial charge < -0.3 is 9.80 Å². The maximum atomic E-state index is 2.45. The zero-order valence-corrected chi connectivity index (χ0v) is 11.7. The van der Waals surface area contributed by atoms with Gasteiger partial charge >= 0.3 is 0 Å². The van der Waals surface area contributed by atoms with Gasteiger partial charge in [0.05, 0.1) is 0 Å². The topological polar surface area (TPSA) is 6.48 Å². The van der Waals surface area contributed by atoms with E-state index in [0.29, 0.717) is 0 Å². The van der Waals surface area contributed by atoms with E-state index in [9.17, 15) is 0 Å². The zero-order valence-electron chi connectivity index (χ0n) is 11.7. The lowest BCUT2D eigenvalue weighted by Gasteiger charge is -2.35. The standard InChI is InChI=1S/C18H20N2/c1-3-7-17(8-4-1)11-12-19-13-15-20(16-14-19)18-9-5-2-6-10-18/h1-12H,13-16H2/b12-11+. The van der Waals surface area contributed by atoms with E-state index in [-0.39, 0.29) is 0 Å². The zero-order chi connectivity index (χ0) is 13.6. The summed E-state index contributed by atoms with van der Waals surface area (Å²) in [6.07, 6.45) is 4.41. The molecule has 2 nitrogen and oxygen atoms in total. The van der Waals surface area contributed by atoms with Crippen molar-refractivity contribution in [3.63, 3.8) is 0 Å². The molecule has 0 spiro atoms. The number of piperazine rings is 1. The molecular formula is C18H20N2. The van der Waals surface area contributed by atoms with Crippen molar-refractivity contribution < 1.29 is 0 Å². The van der Waals surface area contributed by atoms with Crippen molar-refractivity contribution in [3.05, 3.63) is 72.4 Å². The smallest absolute Gasteiger partial charge is 0.0367 e. The minimum Gasteiger partial charge on any atom is -0.374 e. The highest BCUT2D eigenvalue weighted by Crippen LogP contribution is 2.15. The van der Waals surface area contributed by atoms with E-state index in [1.54, 1.807) is 0 Å². The van der Waals surface area contributed by atoms with Crippen LogP contribution in [0.2, 0.25) is 0 Å². The van der Waals surface area contributed by atoms with Gasteiger partial charge in [-0.1, -0.05) is 48.5 Å². The summed E-state index contributed by atoms with van der Waals surface area (Å²) in [6, 6.07) is 21.1. The van der Waals surface area contributed by atoms with Gasteiger partial charge in [-0.2, -0.15) is 0 Å². The lowest BCUT2D eigenvalue weighted by Crippen LogP contribution is -2.44. The number of rotatable bonds is 3. The monoisotopic (exact) mass is 264 g/mol. The quantitative estimate of drug-likeness (QED) is 0.837. The van der Waals surface area contributed by atoms with Crippen molar-refractivity contribution in [2.45, 2.75) is 0 Å². The number of hydrogen-bond acceptors (Lipinski definition) is 2. The molecule has 3 rings (SSSR count). The molecule has 0 radical (unpaired) electrons. The van der Waals surface area contributed by atoms with Crippen LogP contribution in [-0.4, -0.2) is 31.1 Å². The summed E-state index contributed by atoms with van der Waals surface area (Å²) >= 11 is 0. The maximum Gasteiger partial charge on any atom is 0.0367 e. The first kappa shape index (κ1) is 12.8. The lowest BCUT2D eigenvalue weighted by atomic mass is 10.2. The Morgan fingerprint density at radius 2 is 1.30 bits per heavy atom. The van der Waals surface area contributed by atoms with Crippen LogP contribution < -0.4 is 4.90 Å². The summed E-state index contributed by atoms with van der Waals surface area (Å²) in [6.45, 7) is 4.34. The fraction of sp³-hybridized carbons (Fsp3) is 0.222. The van der Waals surface area contributed by atoms with Gasteiger partial charge in [0.25, 0.3) is 0 Å². The number of benzene rings is 2. The van der Waals surface area contributed by atoms with Crippen LogP contribution in [0.25, 0.3) is 6.08 Å². The van der Waals surface area contributed by atoms with Crippen LogP contribution in [0.15, 0.2) is 66.9 Å². The Morgan fingerprint density at radius 3 is 1.95 bits per heavy atom. The summed E-state index contributed by atoms with van der Waals surface area (Å²) in [5.41, 5.74) is 2.59. The molecule has 0 aliphatic carbocycles. The van der Waals surface area contributed by atoms with Gasteiger partial charge in [-0.3, -0.25) is 0 Å². The van der Waals surface area contributed by atoms with E-state index >= 15 is 0 Å². The maximum absolute atomic E-state index is 2.45. The number of para-hydroxylation sites is 1. The Labute approximate surface area is 121 Å². The SMILES string of the molecule is C(=C\N1CCN(c2ccccc2)CC1)/c1ccccc1.